The molecule has 0 saturated heterocycles. The van der Waals surface area contributed by atoms with E-state index in [4.69, 9.17) is 5.11 Å². The van der Waals surface area contributed by atoms with Gasteiger partial charge in [-0.05, 0) is 24.5 Å². The van der Waals surface area contributed by atoms with Gasteiger partial charge in [0, 0.05) is 30.1 Å². The molecule has 4 nitrogen and oxygen atoms in total. The summed E-state index contributed by atoms with van der Waals surface area (Å²) in [5.41, 5.74) is 2.18. The number of nitrogens with one attached hydrogen (secondary N) is 2. The smallest absolute Gasteiger partial charge is 0.265 e. The Labute approximate surface area is 121 Å². The predicted molar refractivity (Wildman–Crippen MR) is 76.3 cm³/mol. The number of para-hydroxylation sites is 1. The first-order valence-corrected chi connectivity index (χ1v) is 6.86. The molecule has 2 aromatic rings. The molecule has 0 aliphatic carbocycles. The molecule has 0 bridgehead atoms. The van der Waals surface area contributed by atoms with E-state index in [0.717, 1.165) is 22.9 Å². The van der Waals surface area contributed by atoms with E-state index in [0.29, 0.717) is 6.42 Å². The van der Waals surface area contributed by atoms with Crippen LogP contribution in [0.4, 0.5) is 8.78 Å². The number of hydrogen-bond donors (Lipinski definition) is 3. The van der Waals surface area contributed by atoms with Crippen LogP contribution in [0.25, 0.3) is 10.9 Å². The minimum Gasteiger partial charge on any atom is -0.385 e. The Morgan fingerprint density at radius 1 is 1.33 bits per heavy atom. The van der Waals surface area contributed by atoms with Crippen molar-refractivity contribution in [3.05, 3.63) is 36.0 Å². The lowest BCUT2D eigenvalue weighted by Gasteiger charge is -2.10. The lowest BCUT2D eigenvalue weighted by molar-refractivity contribution is -0.122. The van der Waals surface area contributed by atoms with E-state index in [1.165, 1.54) is 0 Å². The molecule has 6 heteroatoms. The Kier molecular flexibility index (Phi) is 5.27. The van der Waals surface area contributed by atoms with Gasteiger partial charge in [0.1, 0.15) is 6.10 Å². The molecule has 0 spiro atoms. The first-order chi connectivity index (χ1) is 10.1. The van der Waals surface area contributed by atoms with Gasteiger partial charge in [-0.15, -0.1) is 0 Å². The number of aryl methyl sites for hydroxylation is 1. The first-order valence-electron chi connectivity index (χ1n) is 6.86. The Balaban J connectivity index is 1.75. The van der Waals surface area contributed by atoms with Crippen LogP contribution in [0.3, 0.4) is 0 Å². The molecule has 0 fully saturated rings. The van der Waals surface area contributed by atoms with Gasteiger partial charge in [0.15, 0.2) is 0 Å². The second kappa shape index (κ2) is 7.17. The van der Waals surface area contributed by atoms with Gasteiger partial charge in [-0.1, -0.05) is 18.2 Å². The third kappa shape index (κ3) is 4.26. The maximum Gasteiger partial charge on any atom is 0.265 e. The average molecular weight is 296 g/mol. The van der Waals surface area contributed by atoms with E-state index in [-0.39, 0.29) is 12.3 Å². The van der Waals surface area contributed by atoms with E-state index in [9.17, 15) is 13.6 Å². The largest absolute Gasteiger partial charge is 0.385 e. The van der Waals surface area contributed by atoms with Gasteiger partial charge < -0.3 is 15.4 Å². The van der Waals surface area contributed by atoms with Crippen LogP contribution in [0.15, 0.2) is 30.5 Å². The molecule has 1 atom stereocenters. The summed E-state index contributed by atoms with van der Waals surface area (Å²) in [4.78, 5) is 14.6. The SMILES string of the molecule is O=C(CCCc1c[nH]c2ccccc12)NCC(O)C(F)F. The number of aliphatic hydroxyl groups is 1. The van der Waals surface area contributed by atoms with Crippen molar-refractivity contribution >= 4 is 16.8 Å². The molecular weight excluding hydrogens is 278 g/mol. The molecule has 0 radical (unpaired) electrons. The summed E-state index contributed by atoms with van der Waals surface area (Å²) in [6.07, 6.45) is -1.12. The number of halogens is 2. The normalized spacial score (nSPS) is 12.8. The van der Waals surface area contributed by atoms with E-state index in [2.05, 4.69) is 10.3 Å². The van der Waals surface area contributed by atoms with Crippen LogP contribution < -0.4 is 5.32 Å². The van der Waals surface area contributed by atoms with Crippen molar-refractivity contribution in [1.29, 1.82) is 0 Å². The maximum absolute atomic E-state index is 12.1. The molecule has 2 rings (SSSR count). The fourth-order valence-electron chi connectivity index (χ4n) is 2.17. The number of rotatable bonds is 7. The summed E-state index contributed by atoms with van der Waals surface area (Å²) in [5.74, 6) is -0.324. The molecular formula is C15H18F2N2O2. The number of fused-ring (bicyclic) bond motifs is 1. The number of carbonyl (C=O) groups excluding carboxylic acids is 1. The Hall–Kier alpha value is -1.95. The fourth-order valence-corrected chi connectivity index (χ4v) is 2.17. The molecule has 114 valence electrons. The zero-order valence-corrected chi connectivity index (χ0v) is 11.5. The van der Waals surface area contributed by atoms with Crippen molar-refractivity contribution in [3.8, 4) is 0 Å². The molecule has 1 amide bonds. The summed E-state index contributed by atoms with van der Waals surface area (Å²) >= 11 is 0. The van der Waals surface area contributed by atoms with Crippen LogP contribution >= 0.6 is 0 Å². The first kappa shape index (κ1) is 15.4. The Morgan fingerprint density at radius 2 is 2.10 bits per heavy atom. The van der Waals surface area contributed by atoms with E-state index >= 15 is 0 Å². The Morgan fingerprint density at radius 3 is 2.86 bits per heavy atom. The minimum atomic E-state index is -2.84. The van der Waals surface area contributed by atoms with E-state index in [1.54, 1.807) is 0 Å². The number of carbonyl (C=O) groups is 1. The van der Waals surface area contributed by atoms with Crippen LogP contribution in [0, 0.1) is 0 Å². The molecule has 3 N–H and O–H groups in total. The zero-order valence-electron chi connectivity index (χ0n) is 11.5. The Bertz CT molecular complexity index is 598. The highest BCUT2D eigenvalue weighted by molar-refractivity contribution is 5.83. The summed E-state index contributed by atoms with van der Waals surface area (Å²) < 4.78 is 24.1. The third-order valence-electron chi connectivity index (χ3n) is 3.32. The van der Waals surface area contributed by atoms with Gasteiger partial charge in [-0.25, -0.2) is 8.78 Å². The zero-order chi connectivity index (χ0) is 15.2. The topological polar surface area (TPSA) is 65.1 Å². The molecule has 1 aromatic carbocycles. The number of aromatic amines is 1. The summed E-state index contributed by atoms with van der Waals surface area (Å²) in [6.45, 7) is -0.413. The highest BCUT2D eigenvalue weighted by Gasteiger charge is 2.17. The van der Waals surface area contributed by atoms with Crippen molar-refractivity contribution in [3.63, 3.8) is 0 Å². The fraction of sp³-hybridized carbons (Fsp3) is 0.400. The standard InChI is InChI=1S/C15H18F2N2O2/c16-15(17)13(20)9-19-14(21)7-3-4-10-8-18-12-6-2-1-5-11(10)12/h1-2,5-6,8,13,15,18,20H,3-4,7,9H2,(H,19,21). The lowest BCUT2D eigenvalue weighted by Crippen LogP contribution is -2.35. The summed E-state index contributed by atoms with van der Waals surface area (Å²) in [6, 6.07) is 7.90. The lowest BCUT2D eigenvalue weighted by atomic mass is 10.1. The second-order valence-electron chi connectivity index (χ2n) is 4.92. The molecule has 1 heterocycles. The van der Waals surface area contributed by atoms with Gasteiger partial charge >= 0.3 is 0 Å². The van der Waals surface area contributed by atoms with Crippen LogP contribution in [-0.4, -0.2) is 35.1 Å². The number of amides is 1. The van der Waals surface area contributed by atoms with Crippen LogP contribution in [-0.2, 0) is 11.2 Å². The average Bonchev–Trinajstić information content (AvgIpc) is 2.88. The third-order valence-corrected chi connectivity index (χ3v) is 3.32. The van der Waals surface area contributed by atoms with Gasteiger partial charge in [0.2, 0.25) is 5.91 Å². The van der Waals surface area contributed by atoms with Crippen LogP contribution in [0.1, 0.15) is 18.4 Å². The van der Waals surface area contributed by atoms with Crippen molar-refractivity contribution in [2.75, 3.05) is 6.54 Å². The van der Waals surface area contributed by atoms with Crippen molar-refractivity contribution in [1.82, 2.24) is 10.3 Å². The predicted octanol–water partition coefficient (Wildman–Crippen LogP) is 2.23. The van der Waals surface area contributed by atoms with Crippen LogP contribution in [0.5, 0.6) is 0 Å². The molecule has 1 aromatic heterocycles. The number of alkyl halides is 2. The molecule has 21 heavy (non-hydrogen) atoms. The summed E-state index contributed by atoms with van der Waals surface area (Å²) in [5, 5.41) is 12.3. The van der Waals surface area contributed by atoms with Gasteiger partial charge in [-0.3, -0.25) is 4.79 Å². The maximum atomic E-state index is 12.1. The highest BCUT2D eigenvalue weighted by atomic mass is 19.3. The van der Waals surface area contributed by atoms with Gasteiger partial charge in [0.05, 0.1) is 0 Å². The highest BCUT2D eigenvalue weighted by Crippen LogP contribution is 2.19. The molecule has 0 aliphatic heterocycles. The molecule has 0 saturated carbocycles. The van der Waals surface area contributed by atoms with Crippen LogP contribution in [0.2, 0.25) is 0 Å². The minimum absolute atomic E-state index is 0.246. The van der Waals surface area contributed by atoms with Gasteiger partial charge in [-0.2, -0.15) is 0 Å². The number of benzene rings is 1. The number of aliphatic hydroxyl groups excluding tert-OH is 1. The number of aromatic nitrogens is 1. The second-order valence-corrected chi connectivity index (χ2v) is 4.92. The number of H-pyrrole nitrogens is 1. The van der Waals surface area contributed by atoms with Gasteiger partial charge in [0.25, 0.3) is 6.43 Å². The van der Waals surface area contributed by atoms with Crippen molar-refractivity contribution in [2.24, 2.45) is 0 Å². The van der Waals surface area contributed by atoms with Crippen molar-refractivity contribution in [2.45, 2.75) is 31.8 Å². The van der Waals surface area contributed by atoms with E-state index in [1.807, 2.05) is 30.5 Å². The molecule has 0 aliphatic rings. The monoisotopic (exact) mass is 296 g/mol. The quantitative estimate of drug-likeness (QED) is 0.733. The number of hydrogen-bond acceptors (Lipinski definition) is 2. The van der Waals surface area contributed by atoms with E-state index < -0.39 is 19.1 Å². The van der Waals surface area contributed by atoms with Crippen molar-refractivity contribution < 1.29 is 18.7 Å². The molecule has 1 unspecified atom stereocenters. The summed E-state index contributed by atoms with van der Waals surface area (Å²) in [7, 11) is 0.